The lowest BCUT2D eigenvalue weighted by molar-refractivity contribution is -0.276. The van der Waals surface area contributed by atoms with Gasteiger partial charge in [0.15, 0.2) is 29.6 Å². The summed E-state index contributed by atoms with van der Waals surface area (Å²) in [6.45, 7) is 3.36. The summed E-state index contributed by atoms with van der Waals surface area (Å²) >= 11 is 0. The SMILES string of the molecule is C[C@@H]1[C@H](CN2CCC[C@H]2CO)O[C@H](c2ccc(NC(=O)c3c(F)c(F)c(F)c(F)c3F)cc2)O[C@@H]1c1ccc(CO)cc1. The lowest BCUT2D eigenvalue weighted by Crippen LogP contribution is -2.46. The third-order valence-corrected chi connectivity index (χ3v) is 8.13. The molecule has 0 aliphatic carbocycles. The second-order valence-corrected chi connectivity index (χ2v) is 10.8. The summed E-state index contributed by atoms with van der Waals surface area (Å²) in [4.78, 5) is 14.7. The van der Waals surface area contributed by atoms with Crippen molar-refractivity contribution in [3.63, 3.8) is 0 Å². The highest BCUT2D eigenvalue weighted by molar-refractivity contribution is 6.04. The van der Waals surface area contributed by atoms with Crippen LogP contribution in [0.15, 0.2) is 48.5 Å². The summed E-state index contributed by atoms with van der Waals surface area (Å²) in [6.07, 6.45) is 0.333. The van der Waals surface area contributed by atoms with E-state index in [2.05, 4.69) is 10.2 Å². The van der Waals surface area contributed by atoms with E-state index < -0.39 is 46.8 Å². The fourth-order valence-corrected chi connectivity index (χ4v) is 5.62. The molecule has 0 bridgehead atoms. The van der Waals surface area contributed by atoms with Crippen molar-refractivity contribution in [3.05, 3.63) is 99.9 Å². The van der Waals surface area contributed by atoms with Gasteiger partial charge < -0.3 is 25.0 Å². The molecule has 12 heteroatoms. The van der Waals surface area contributed by atoms with Crippen LogP contribution in [0.3, 0.4) is 0 Å². The molecular weight excluding hydrogens is 575 g/mol. The largest absolute Gasteiger partial charge is 0.395 e. The Bertz CT molecular complexity index is 1430. The fraction of sp³-hybridized carbons (Fsp3) is 0.387. The van der Waals surface area contributed by atoms with Crippen LogP contribution in [0.2, 0.25) is 0 Å². The summed E-state index contributed by atoms with van der Waals surface area (Å²) in [5, 5.41) is 21.4. The van der Waals surface area contributed by atoms with E-state index in [1.807, 2.05) is 31.2 Å². The van der Waals surface area contributed by atoms with E-state index in [9.17, 15) is 37.0 Å². The van der Waals surface area contributed by atoms with Crippen LogP contribution in [0.1, 0.15) is 59.2 Å². The highest BCUT2D eigenvalue weighted by atomic mass is 19.2. The third-order valence-electron chi connectivity index (χ3n) is 8.13. The molecule has 0 saturated carbocycles. The molecule has 2 heterocycles. The number of aliphatic hydroxyl groups is 2. The third kappa shape index (κ3) is 6.29. The van der Waals surface area contributed by atoms with E-state index in [0.717, 1.165) is 30.5 Å². The molecule has 2 aliphatic heterocycles. The maximum Gasteiger partial charge on any atom is 0.261 e. The lowest BCUT2D eigenvalue weighted by atomic mass is 9.90. The molecule has 5 atom stereocenters. The second-order valence-electron chi connectivity index (χ2n) is 10.8. The smallest absolute Gasteiger partial charge is 0.261 e. The molecule has 0 spiro atoms. The van der Waals surface area contributed by atoms with Gasteiger partial charge in [0.2, 0.25) is 5.82 Å². The van der Waals surface area contributed by atoms with Crippen LogP contribution in [0.4, 0.5) is 27.6 Å². The van der Waals surface area contributed by atoms with Crippen molar-refractivity contribution >= 4 is 11.6 Å². The highest BCUT2D eigenvalue weighted by Crippen LogP contribution is 2.42. The van der Waals surface area contributed by atoms with Crippen molar-refractivity contribution < 1.29 is 46.4 Å². The minimum Gasteiger partial charge on any atom is -0.395 e. The zero-order chi connectivity index (χ0) is 30.8. The fourth-order valence-electron chi connectivity index (χ4n) is 5.62. The molecule has 1 amide bonds. The molecule has 5 rings (SSSR count). The maximum atomic E-state index is 14.1. The molecule has 43 heavy (non-hydrogen) atoms. The van der Waals surface area contributed by atoms with Gasteiger partial charge in [-0.25, -0.2) is 22.0 Å². The van der Waals surface area contributed by atoms with Crippen LogP contribution < -0.4 is 5.32 Å². The molecule has 2 aliphatic rings. The Kier molecular flexibility index (Phi) is 9.42. The van der Waals surface area contributed by atoms with Crippen LogP contribution in [0, 0.1) is 35.0 Å². The zero-order valence-corrected chi connectivity index (χ0v) is 23.2. The molecule has 3 aromatic rings. The summed E-state index contributed by atoms with van der Waals surface area (Å²) in [6, 6.07) is 13.4. The number of anilines is 1. The Hall–Kier alpha value is -3.42. The Morgan fingerprint density at radius 1 is 0.884 bits per heavy atom. The summed E-state index contributed by atoms with van der Waals surface area (Å²) in [7, 11) is 0. The van der Waals surface area contributed by atoms with Crippen LogP contribution in [0.25, 0.3) is 0 Å². The Labute approximate surface area is 244 Å². The van der Waals surface area contributed by atoms with Crippen molar-refractivity contribution in [2.45, 2.75) is 50.9 Å². The number of carbonyl (C=O) groups excluding carboxylic acids is 1. The number of nitrogens with one attached hydrogen (secondary N) is 1. The van der Waals surface area contributed by atoms with Gasteiger partial charge in [-0.1, -0.05) is 43.3 Å². The van der Waals surface area contributed by atoms with Crippen LogP contribution in [-0.4, -0.2) is 52.9 Å². The molecule has 230 valence electrons. The number of nitrogens with zero attached hydrogens (tertiary/aromatic N) is 1. The number of ether oxygens (including phenoxy) is 2. The van der Waals surface area contributed by atoms with E-state index in [1.165, 1.54) is 12.1 Å². The number of benzene rings is 3. The van der Waals surface area contributed by atoms with E-state index in [-0.39, 0.29) is 43.1 Å². The van der Waals surface area contributed by atoms with Gasteiger partial charge in [-0.3, -0.25) is 9.69 Å². The van der Waals surface area contributed by atoms with Crippen LogP contribution in [0.5, 0.6) is 0 Å². The lowest BCUT2D eigenvalue weighted by Gasteiger charge is -2.43. The first kappa shape index (κ1) is 31.0. The molecule has 0 aromatic heterocycles. The standard InChI is InChI=1S/C31H31F5N2O5/c1-16-22(13-38-12-2-3-21(38)15-40)42-31(43-29(16)18-6-4-17(14-39)5-7-18)19-8-10-20(11-9-19)37-30(41)23-24(32)26(34)28(36)27(35)25(23)33/h4-11,16,21-22,29,31,39-40H,2-3,12-15H2,1H3,(H,37,41)/t16-,21+,22+,29+,31+/m1/s1. The van der Waals surface area contributed by atoms with Gasteiger partial charge in [-0.05, 0) is 42.6 Å². The van der Waals surface area contributed by atoms with E-state index >= 15 is 0 Å². The number of likely N-dealkylation sites (tertiary alicyclic amines) is 1. The number of aliphatic hydroxyl groups excluding tert-OH is 2. The van der Waals surface area contributed by atoms with Gasteiger partial charge in [0, 0.05) is 29.8 Å². The number of hydrogen-bond donors (Lipinski definition) is 3. The summed E-state index contributed by atoms with van der Waals surface area (Å²) < 4.78 is 81.5. The molecule has 0 unspecified atom stereocenters. The van der Waals surface area contributed by atoms with E-state index in [0.29, 0.717) is 12.1 Å². The minimum atomic E-state index is -2.35. The van der Waals surface area contributed by atoms with Crippen molar-refractivity contribution in [1.82, 2.24) is 4.90 Å². The van der Waals surface area contributed by atoms with Gasteiger partial charge in [0.25, 0.3) is 5.91 Å². The van der Waals surface area contributed by atoms with Crippen LogP contribution in [-0.2, 0) is 16.1 Å². The first-order valence-corrected chi connectivity index (χ1v) is 13.9. The minimum absolute atomic E-state index is 0.0393. The van der Waals surface area contributed by atoms with Crippen molar-refractivity contribution in [2.24, 2.45) is 5.92 Å². The van der Waals surface area contributed by atoms with Gasteiger partial charge in [0.05, 0.1) is 25.4 Å². The molecule has 3 aromatic carbocycles. The average Bonchev–Trinajstić information content (AvgIpc) is 3.47. The topological polar surface area (TPSA) is 91.3 Å². The number of halogens is 5. The molecule has 3 N–H and O–H groups in total. The van der Waals surface area contributed by atoms with Gasteiger partial charge in [0.1, 0.15) is 5.56 Å². The molecular formula is C31H31F5N2O5. The van der Waals surface area contributed by atoms with Gasteiger partial charge in [-0.15, -0.1) is 0 Å². The number of rotatable bonds is 8. The zero-order valence-electron chi connectivity index (χ0n) is 23.2. The number of amides is 1. The maximum absolute atomic E-state index is 14.1. The predicted molar refractivity (Wildman–Crippen MR) is 145 cm³/mol. The Morgan fingerprint density at radius 3 is 2.09 bits per heavy atom. The molecule has 0 radical (unpaired) electrons. The molecule has 7 nitrogen and oxygen atoms in total. The first-order valence-electron chi connectivity index (χ1n) is 13.9. The average molecular weight is 607 g/mol. The quantitative estimate of drug-likeness (QED) is 0.181. The summed E-state index contributed by atoms with van der Waals surface area (Å²) in [5.41, 5.74) is 0.646. The van der Waals surface area contributed by atoms with Crippen molar-refractivity contribution in [1.29, 1.82) is 0 Å². The Morgan fingerprint density at radius 2 is 1.49 bits per heavy atom. The predicted octanol–water partition coefficient (Wildman–Crippen LogP) is 5.37. The second kappa shape index (κ2) is 13.1. The van der Waals surface area contributed by atoms with Crippen molar-refractivity contribution in [2.75, 3.05) is 25.0 Å². The molecule has 2 saturated heterocycles. The summed E-state index contributed by atoms with van der Waals surface area (Å²) in [5.74, 6) is -12.8. The number of hydrogen-bond acceptors (Lipinski definition) is 6. The van der Waals surface area contributed by atoms with Crippen LogP contribution >= 0.6 is 0 Å². The van der Waals surface area contributed by atoms with Gasteiger partial charge in [-0.2, -0.15) is 0 Å². The molecule has 2 fully saturated rings. The van der Waals surface area contributed by atoms with Crippen molar-refractivity contribution in [3.8, 4) is 0 Å². The normalized spacial score (nSPS) is 24.3. The van der Waals surface area contributed by atoms with E-state index in [4.69, 9.17) is 9.47 Å². The number of carbonyl (C=O) groups is 1. The Balaban J connectivity index is 1.37. The first-order chi connectivity index (χ1) is 20.6. The van der Waals surface area contributed by atoms with Gasteiger partial charge >= 0.3 is 0 Å². The van der Waals surface area contributed by atoms with E-state index in [1.54, 1.807) is 12.1 Å². The highest BCUT2D eigenvalue weighted by Gasteiger charge is 2.40. The monoisotopic (exact) mass is 606 g/mol.